The number of hydrogen-bond acceptors (Lipinski definition) is 4. The lowest BCUT2D eigenvalue weighted by molar-refractivity contribution is 0.0695. The summed E-state index contributed by atoms with van der Waals surface area (Å²) >= 11 is 0. The van der Waals surface area contributed by atoms with Crippen molar-refractivity contribution in [1.29, 1.82) is 0 Å². The van der Waals surface area contributed by atoms with Gasteiger partial charge in [-0.25, -0.2) is 4.79 Å². The molecule has 21 heavy (non-hydrogen) atoms. The number of rotatable bonds is 6. The summed E-state index contributed by atoms with van der Waals surface area (Å²) in [5, 5.41) is 28.3. The van der Waals surface area contributed by atoms with E-state index in [-0.39, 0.29) is 22.6 Å². The van der Waals surface area contributed by atoms with Crippen molar-refractivity contribution in [2.45, 2.75) is 12.8 Å². The van der Waals surface area contributed by atoms with Gasteiger partial charge >= 0.3 is 5.97 Å². The predicted octanol–water partition coefficient (Wildman–Crippen LogP) is 2.81. The predicted molar refractivity (Wildman–Crippen MR) is 77.0 cm³/mol. The van der Waals surface area contributed by atoms with E-state index in [0.717, 1.165) is 5.75 Å². The number of carbonyl (C=O) groups is 1. The third kappa shape index (κ3) is 3.66. The molecule has 0 saturated heterocycles. The van der Waals surface area contributed by atoms with E-state index in [1.54, 1.807) is 0 Å². The Morgan fingerprint density at radius 1 is 1.05 bits per heavy atom. The Labute approximate surface area is 122 Å². The standard InChI is InChI=1S/C16H16O5/c17-14-9-8-13(16(19)20)12(15(14)18)7-4-10-21-11-5-2-1-3-6-11/h1-3,5-6,8-9,17-18H,4,7,10H2,(H,19,20). The number of phenolic OH excluding ortho intramolecular Hbond substituents is 2. The lowest BCUT2D eigenvalue weighted by Crippen LogP contribution is -2.05. The summed E-state index contributed by atoms with van der Waals surface area (Å²) in [5.41, 5.74) is 0.212. The summed E-state index contributed by atoms with van der Waals surface area (Å²) in [4.78, 5) is 11.1. The van der Waals surface area contributed by atoms with Crippen molar-refractivity contribution in [1.82, 2.24) is 0 Å². The van der Waals surface area contributed by atoms with Crippen molar-refractivity contribution in [3.8, 4) is 17.2 Å². The smallest absolute Gasteiger partial charge is 0.336 e. The van der Waals surface area contributed by atoms with Crippen molar-refractivity contribution in [3.63, 3.8) is 0 Å². The Bertz CT molecular complexity index is 622. The summed E-state index contributed by atoms with van der Waals surface area (Å²) in [6.07, 6.45) is 0.820. The third-order valence-corrected chi connectivity index (χ3v) is 3.07. The van der Waals surface area contributed by atoms with Crippen LogP contribution in [0, 0.1) is 0 Å². The summed E-state index contributed by atoms with van der Waals surface area (Å²) in [5.74, 6) is -1.10. The van der Waals surface area contributed by atoms with E-state index in [4.69, 9.17) is 9.84 Å². The normalized spacial score (nSPS) is 10.3. The highest BCUT2D eigenvalue weighted by atomic mass is 16.5. The van der Waals surface area contributed by atoms with Gasteiger partial charge in [0.1, 0.15) is 5.75 Å². The van der Waals surface area contributed by atoms with Crippen LogP contribution in [0.3, 0.4) is 0 Å². The molecule has 5 nitrogen and oxygen atoms in total. The number of aromatic hydroxyl groups is 2. The molecule has 2 rings (SSSR count). The molecule has 2 aromatic rings. The first-order chi connectivity index (χ1) is 10.1. The molecule has 0 aromatic heterocycles. The fourth-order valence-electron chi connectivity index (χ4n) is 2.03. The molecule has 0 bridgehead atoms. The minimum atomic E-state index is -1.13. The molecule has 3 N–H and O–H groups in total. The van der Waals surface area contributed by atoms with Crippen LogP contribution in [0.5, 0.6) is 17.2 Å². The second-order valence-electron chi connectivity index (χ2n) is 4.53. The van der Waals surface area contributed by atoms with Crippen molar-refractivity contribution < 1.29 is 24.9 Å². The van der Waals surface area contributed by atoms with Crippen LogP contribution in [0.15, 0.2) is 42.5 Å². The van der Waals surface area contributed by atoms with E-state index in [9.17, 15) is 15.0 Å². The minimum Gasteiger partial charge on any atom is -0.504 e. The molecule has 0 heterocycles. The summed E-state index contributed by atoms with van der Waals surface area (Å²) in [7, 11) is 0. The average Bonchev–Trinajstić information content (AvgIpc) is 2.48. The number of benzene rings is 2. The van der Waals surface area contributed by atoms with Crippen LogP contribution in [0.1, 0.15) is 22.3 Å². The zero-order valence-electron chi connectivity index (χ0n) is 11.3. The number of ether oxygens (including phenoxy) is 1. The van der Waals surface area contributed by atoms with Crippen LogP contribution >= 0.6 is 0 Å². The van der Waals surface area contributed by atoms with E-state index in [2.05, 4.69) is 0 Å². The fourth-order valence-corrected chi connectivity index (χ4v) is 2.03. The molecule has 110 valence electrons. The SMILES string of the molecule is O=C(O)c1ccc(O)c(O)c1CCCOc1ccccc1. The lowest BCUT2D eigenvalue weighted by atomic mass is 10.0. The molecule has 2 aromatic carbocycles. The van der Waals surface area contributed by atoms with Crippen LogP contribution in [-0.2, 0) is 6.42 Å². The van der Waals surface area contributed by atoms with Gasteiger partial charge in [0, 0.05) is 5.56 Å². The van der Waals surface area contributed by atoms with Gasteiger partial charge in [0.15, 0.2) is 11.5 Å². The highest BCUT2D eigenvalue weighted by molar-refractivity contribution is 5.90. The number of phenols is 2. The van der Waals surface area contributed by atoms with Crippen LogP contribution in [0.25, 0.3) is 0 Å². The molecule has 0 aliphatic carbocycles. The molecule has 0 aliphatic heterocycles. The highest BCUT2D eigenvalue weighted by Gasteiger charge is 2.16. The van der Waals surface area contributed by atoms with Crippen molar-refractivity contribution in [3.05, 3.63) is 53.6 Å². The number of hydrogen-bond donors (Lipinski definition) is 3. The Kier molecular flexibility index (Phi) is 4.66. The first-order valence-electron chi connectivity index (χ1n) is 6.54. The Morgan fingerprint density at radius 3 is 2.43 bits per heavy atom. The third-order valence-electron chi connectivity index (χ3n) is 3.07. The van der Waals surface area contributed by atoms with Crippen LogP contribution in [-0.4, -0.2) is 27.9 Å². The molecule has 0 saturated carbocycles. The summed E-state index contributed by atoms with van der Waals surface area (Å²) in [6.45, 7) is 0.387. The molecule has 0 unspecified atom stereocenters. The Hall–Kier alpha value is -2.69. The number of para-hydroxylation sites is 1. The second-order valence-corrected chi connectivity index (χ2v) is 4.53. The van der Waals surface area contributed by atoms with Gasteiger partial charge in [-0.1, -0.05) is 18.2 Å². The van der Waals surface area contributed by atoms with Gasteiger partial charge in [-0.05, 0) is 37.1 Å². The summed E-state index contributed by atoms with van der Waals surface area (Å²) < 4.78 is 5.51. The molecule has 0 fully saturated rings. The molecular formula is C16H16O5. The number of carboxylic acid groups (broad SMARTS) is 1. The van der Waals surface area contributed by atoms with Gasteiger partial charge in [-0.3, -0.25) is 0 Å². The van der Waals surface area contributed by atoms with Crippen LogP contribution < -0.4 is 4.74 Å². The molecule has 5 heteroatoms. The Morgan fingerprint density at radius 2 is 1.76 bits per heavy atom. The minimum absolute atomic E-state index is 0.00925. The molecule has 0 spiro atoms. The van der Waals surface area contributed by atoms with Gasteiger partial charge in [0.25, 0.3) is 0 Å². The van der Waals surface area contributed by atoms with Gasteiger partial charge in [0.2, 0.25) is 0 Å². The lowest BCUT2D eigenvalue weighted by Gasteiger charge is -2.10. The molecule has 0 amide bonds. The monoisotopic (exact) mass is 288 g/mol. The largest absolute Gasteiger partial charge is 0.504 e. The van der Waals surface area contributed by atoms with Crippen LogP contribution in [0.4, 0.5) is 0 Å². The first-order valence-corrected chi connectivity index (χ1v) is 6.54. The van der Waals surface area contributed by atoms with Crippen LogP contribution in [0.2, 0.25) is 0 Å². The Balaban J connectivity index is 1.99. The highest BCUT2D eigenvalue weighted by Crippen LogP contribution is 2.32. The summed E-state index contributed by atoms with van der Waals surface area (Å²) in [6, 6.07) is 11.7. The topological polar surface area (TPSA) is 87.0 Å². The van der Waals surface area contributed by atoms with Gasteiger partial charge < -0.3 is 20.1 Å². The van der Waals surface area contributed by atoms with Crippen molar-refractivity contribution in [2.24, 2.45) is 0 Å². The molecule has 0 aliphatic rings. The van der Waals surface area contributed by atoms with Crippen molar-refractivity contribution >= 4 is 5.97 Å². The second kappa shape index (κ2) is 6.65. The van der Waals surface area contributed by atoms with Gasteiger partial charge in [-0.15, -0.1) is 0 Å². The van der Waals surface area contributed by atoms with Gasteiger partial charge in [0.05, 0.1) is 12.2 Å². The average molecular weight is 288 g/mol. The van der Waals surface area contributed by atoms with E-state index in [0.29, 0.717) is 19.4 Å². The van der Waals surface area contributed by atoms with Crippen molar-refractivity contribution in [2.75, 3.05) is 6.61 Å². The van der Waals surface area contributed by atoms with E-state index < -0.39 is 5.97 Å². The number of aromatic carboxylic acids is 1. The van der Waals surface area contributed by atoms with E-state index in [1.807, 2.05) is 30.3 Å². The maximum Gasteiger partial charge on any atom is 0.336 e. The molecule has 0 atom stereocenters. The maximum atomic E-state index is 11.1. The molecular weight excluding hydrogens is 272 g/mol. The number of carboxylic acids is 1. The fraction of sp³-hybridized carbons (Fsp3) is 0.188. The first kappa shape index (κ1) is 14.7. The van der Waals surface area contributed by atoms with Gasteiger partial charge in [-0.2, -0.15) is 0 Å². The maximum absolute atomic E-state index is 11.1. The molecule has 0 radical (unpaired) electrons. The zero-order chi connectivity index (χ0) is 15.2. The zero-order valence-corrected chi connectivity index (χ0v) is 11.3. The quantitative estimate of drug-likeness (QED) is 0.562. The van der Waals surface area contributed by atoms with E-state index in [1.165, 1.54) is 12.1 Å². The van der Waals surface area contributed by atoms with E-state index >= 15 is 0 Å².